The molecule has 1 aliphatic carbocycles. The lowest BCUT2D eigenvalue weighted by atomic mass is 9.73. The summed E-state index contributed by atoms with van der Waals surface area (Å²) in [5, 5.41) is 9.83. The summed E-state index contributed by atoms with van der Waals surface area (Å²) >= 11 is 0. The van der Waals surface area contributed by atoms with Crippen LogP contribution in [0.2, 0.25) is 0 Å². The van der Waals surface area contributed by atoms with Gasteiger partial charge in [0.2, 0.25) is 0 Å². The highest BCUT2D eigenvalue weighted by Crippen LogP contribution is 2.35. The molecule has 0 saturated heterocycles. The highest BCUT2D eigenvalue weighted by Gasteiger charge is 2.33. The number of Topliss-reactive ketones (excluding diaryl/α,β-unsaturated/α-hetero) is 1. The van der Waals surface area contributed by atoms with E-state index in [0.29, 0.717) is 5.92 Å². The van der Waals surface area contributed by atoms with Gasteiger partial charge < -0.3 is 5.11 Å². The maximum atomic E-state index is 11.2. The largest absolute Gasteiger partial charge is 0.390 e. The Balaban J connectivity index is 2.57. The third-order valence-electron chi connectivity index (χ3n) is 3.25. The Morgan fingerprint density at radius 2 is 2.00 bits per heavy atom. The van der Waals surface area contributed by atoms with Crippen molar-refractivity contribution in [2.75, 3.05) is 0 Å². The predicted molar refractivity (Wildman–Crippen MR) is 52.4 cm³/mol. The number of ketones is 1. The van der Waals surface area contributed by atoms with Gasteiger partial charge in [-0.05, 0) is 46.0 Å². The lowest BCUT2D eigenvalue weighted by Gasteiger charge is -2.35. The predicted octanol–water partition coefficient (Wildman–Crippen LogP) is 2.15. The molecule has 0 aromatic heterocycles. The van der Waals surface area contributed by atoms with Gasteiger partial charge in [-0.25, -0.2) is 0 Å². The van der Waals surface area contributed by atoms with E-state index in [0.717, 1.165) is 25.7 Å². The lowest BCUT2D eigenvalue weighted by molar-refractivity contribution is -0.123. The van der Waals surface area contributed by atoms with E-state index < -0.39 is 5.60 Å². The molecule has 2 unspecified atom stereocenters. The molecule has 1 N–H and O–H groups in total. The molecule has 0 bridgehead atoms. The zero-order valence-corrected chi connectivity index (χ0v) is 8.84. The normalized spacial score (nSPS) is 30.2. The molecule has 76 valence electrons. The summed E-state index contributed by atoms with van der Waals surface area (Å²) in [4.78, 5) is 11.2. The lowest BCUT2D eigenvalue weighted by Crippen LogP contribution is -2.36. The van der Waals surface area contributed by atoms with Crippen molar-refractivity contribution < 1.29 is 9.90 Å². The van der Waals surface area contributed by atoms with Crippen molar-refractivity contribution in [2.24, 2.45) is 11.8 Å². The fourth-order valence-electron chi connectivity index (χ4n) is 2.20. The van der Waals surface area contributed by atoms with E-state index in [4.69, 9.17) is 0 Å². The van der Waals surface area contributed by atoms with Crippen molar-refractivity contribution in [1.29, 1.82) is 0 Å². The average Bonchev–Trinajstić information content (AvgIpc) is 2.03. The average molecular weight is 184 g/mol. The molecule has 0 heterocycles. The second kappa shape index (κ2) is 3.79. The van der Waals surface area contributed by atoms with Gasteiger partial charge in [-0.15, -0.1) is 0 Å². The van der Waals surface area contributed by atoms with Crippen molar-refractivity contribution in [3.8, 4) is 0 Å². The number of hydrogen-bond donors (Lipinski definition) is 1. The first-order valence-corrected chi connectivity index (χ1v) is 5.14. The third-order valence-corrected chi connectivity index (χ3v) is 3.25. The van der Waals surface area contributed by atoms with Crippen molar-refractivity contribution in [3.05, 3.63) is 0 Å². The molecule has 13 heavy (non-hydrogen) atoms. The van der Waals surface area contributed by atoms with Crippen LogP contribution in [0.15, 0.2) is 0 Å². The first-order valence-electron chi connectivity index (χ1n) is 5.14. The smallest absolute Gasteiger partial charge is 0.132 e. The van der Waals surface area contributed by atoms with Crippen LogP contribution in [-0.2, 0) is 4.79 Å². The fourth-order valence-corrected chi connectivity index (χ4v) is 2.20. The first kappa shape index (κ1) is 10.7. The summed E-state index contributed by atoms with van der Waals surface area (Å²) in [5.41, 5.74) is -0.617. The molecule has 2 nitrogen and oxygen atoms in total. The minimum absolute atomic E-state index is 0.199. The molecule has 0 spiro atoms. The number of aliphatic hydroxyl groups is 1. The second-order valence-electron chi connectivity index (χ2n) is 4.82. The van der Waals surface area contributed by atoms with Gasteiger partial charge in [-0.3, -0.25) is 4.79 Å². The Morgan fingerprint density at radius 1 is 1.38 bits per heavy atom. The summed E-state index contributed by atoms with van der Waals surface area (Å²) in [6.45, 7) is 5.36. The van der Waals surface area contributed by atoms with Gasteiger partial charge in [0.05, 0.1) is 5.60 Å². The molecule has 1 saturated carbocycles. The van der Waals surface area contributed by atoms with Crippen LogP contribution in [-0.4, -0.2) is 16.5 Å². The quantitative estimate of drug-likeness (QED) is 0.714. The van der Waals surface area contributed by atoms with Crippen molar-refractivity contribution in [3.63, 3.8) is 0 Å². The summed E-state index contributed by atoms with van der Waals surface area (Å²) in [7, 11) is 0. The zero-order valence-electron chi connectivity index (χ0n) is 8.84. The van der Waals surface area contributed by atoms with Gasteiger partial charge >= 0.3 is 0 Å². The Labute approximate surface area is 80.3 Å². The van der Waals surface area contributed by atoms with Gasteiger partial charge in [-0.2, -0.15) is 0 Å². The van der Waals surface area contributed by atoms with Crippen LogP contribution in [0.1, 0.15) is 46.5 Å². The molecule has 0 aromatic rings. The Bertz CT molecular complexity index is 191. The van der Waals surface area contributed by atoms with Gasteiger partial charge in [0.1, 0.15) is 5.78 Å². The van der Waals surface area contributed by atoms with Crippen molar-refractivity contribution in [2.45, 2.75) is 52.1 Å². The van der Waals surface area contributed by atoms with Crippen LogP contribution in [0, 0.1) is 11.8 Å². The van der Waals surface area contributed by atoms with E-state index in [1.165, 1.54) is 0 Å². The number of carbonyl (C=O) groups excluding carboxylic acids is 1. The van der Waals surface area contributed by atoms with E-state index >= 15 is 0 Å². The minimum atomic E-state index is -0.617. The molecule has 1 rings (SSSR count). The second-order valence-corrected chi connectivity index (χ2v) is 4.82. The Kier molecular flexibility index (Phi) is 3.12. The van der Waals surface area contributed by atoms with Crippen LogP contribution in [0.3, 0.4) is 0 Å². The van der Waals surface area contributed by atoms with Crippen LogP contribution in [0.25, 0.3) is 0 Å². The van der Waals surface area contributed by atoms with E-state index in [9.17, 15) is 9.90 Å². The fraction of sp³-hybridized carbons (Fsp3) is 0.909. The molecule has 1 fully saturated rings. The minimum Gasteiger partial charge on any atom is -0.390 e. The SMILES string of the molecule is CC(=O)C1CCCC(C(C)(C)O)C1. The molecule has 0 amide bonds. The Hall–Kier alpha value is -0.370. The van der Waals surface area contributed by atoms with Crippen molar-refractivity contribution >= 4 is 5.78 Å². The molecule has 2 heteroatoms. The first-order chi connectivity index (χ1) is 5.91. The van der Waals surface area contributed by atoms with E-state index in [1.54, 1.807) is 6.92 Å². The maximum Gasteiger partial charge on any atom is 0.132 e. The monoisotopic (exact) mass is 184 g/mol. The van der Waals surface area contributed by atoms with E-state index in [2.05, 4.69) is 0 Å². The van der Waals surface area contributed by atoms with Gasteiger partial charge in [0, 0.05) is 5.92 Å². The standard InChI is InChI=1S/C11H20O2/c1-8(12)9-5-4-6-10(7-9)11(2,3)13/h9-10,13H,4-7H2,1-3H3. The van der Waals surface area contributed by atoms with Crippen molar-refractivity contribution in [1.82, 2.24) is 0 Å². The summed E-state index contributed by atoms with van der Waals surface area (Å²) in [5.74, 6) is 0.786. The van der Waals surface area contributed by atoms with Crippen LogP contribution in [0.5, 0.6) is 0 Å². The molecular formula is C11H20O2. The molecule has 2 atom stereocenters. The molecule has 0 aromatic carbocycles. The summed E-state index contributed by atoms with van der Waals surface area (Å²) < 4.78 is 0. The molecule has 0 aliphatic heterocycles. The molecular weight excluding hydrogens is 164 g/mol. The molecule has 0 radical (unpaired) electrons. The van der Waals surface area contributed by atoms with Gasteiger partial charge in [0.15, 0.2) is 0 Å². The zero-order chi connectivity index (χ0) is 10.1. The van der Waals surface area contributed by atoms with Crippen LogP contribution in [0.4, 0.5) is 0 Å². The molecule has 1 aliphatic rings. The van der Waals surface area contributed by atoms with Gasteiger partial charge in [-0.1, -0.05) is 6.42 Å². The third kappa shape index (κ3) is 2.80. The van der Waals surface area contributed by atoms with E-state index in [1.807, 2.05) is 13.8 Å². The van der Waals surface area contributed by atoms with Gasteiger partial charge in [0.25, 0.3) is 0 Å². The number of hydrogen-bond acceptors (Lipinski definition) is 2. The Morgan fingerprint density at radius 3 is 2.46 bits per heavy atom. The number of carbonyl (C=O) groups is 1. The topological polar surface area (TPSA) is 37.3 Å². The van der Waals surface area contributed by atoms with Crippen LogP contribution < -0.4 is 0 Å². The summed E-state index contributed by atoms with van der Waals surface area (Å²) in [6, 6.07) is 0. The van der Waals surface area contributed by atoms with Crippen LogP contribution >= 0.6 is 0 Å². The maximum absolute atomic E-state index is 11.2. The highest BCUT2D eigenvalue weighted by molar-refractivity contribution is 5.78. The van der Waals surface area contributed by atoms with E-state index in [-0.39, 0.29) is 11.7 Å². The summed E-state index contributed by atoms with van der Waals surface area (Å²) in [6.07, 6.45) is 4.03. The highest BCUT2D eigenvalue weighted by atomic mass is 16.3. The number of rotatable bonds is 2.